The highest BCUT2D eigenvalue weighted by Gasteiger charge is 2.40. The molecule has 1 aromatic rings. The van der Waals surface area contributed by atoms with Crippen molar-refractivity contribution >= 4 is 27.5 Å². The van der Waals surface area contributed by atoms with Crippen molar-refractivity contribution in [1.82, 2.24) is 4.72 Å². The van der Waals surface area contributed by atoms with Crippen molar-refractivity contribution in [1.29, 1.82) is 0 Å². The van der Waals surface area contributed by atoms with Crippen LogP contribution in [0.25, 0.3) is 0 Å². The number of carbonyl (C=O) groups is 1. The fourth-order valence-electron chi connectivity index (χ4n) is 4.65. The van der Waals surface area contributed by atoms with Gasteiger partial charge < -0.3 is 5.32 Å². The number of amides is 1. The van der Waals surface area contributed by atoms with Gasteiger partial charge in [0.2, 0.25) is 5.91 Å². The molecule has 2 saturated carbocycles. The van der Waals surface area contributed by atoms with E-state index in [1.54, 1.807) is 12.1 Å². The van der Waals surface area contributed by atoms with Crippen molar-refractivity contribution in [2.75, 3.05) is 11.9 Å². The Balaban J connectivity index is 1.39. The zero-order valence-corrected chi connectivity index (χ0v) is 15.6. The van der Waals surface area contributed by atoms with Gasteiger partial charge in [0, 0.05) is 25.1 Å². The third-order valence-electron chi connectivity index (χ3n) is 5.89. The SMILES string of the molecule is O=C(C[C@@H]1C[C@@H]2CC[C@@H]1C2)Nc1cccc(S(=O)(=O)NC2=NCCC2)c1. The van der Waals surface area contributed by atoms with Crippen LogP contribution < -0.4 is 10.0 Å². The molecule has 140 valence electrons. The molecule has 1 aliphatic heterocycles. The highest BCUT2D eigenvalue weighted by atomic mass is 32.2. The number of nitrogens with zero attached hydrogens (tertiary/aromatic N) is 1. The van der Waals surface area contributed by atoms with Gasteiger partial charge in [0.05, 0.1) is 4.90 Å². The average Bonchev–Trinajstić information content (AvgIpc) is 3.33. The van der Waals surface area contributed by atoms with Crippen molar-refractivity contribution < 1.29 is 13.2 Å². The number of benzene rings is 1. The van der Waals surface area contributed by atoms with Crippen LogP contribution in [0.2, 0.25) is 0 Å². The lowest BCUT2D eigenvalue weighted by Crippen LogP contribution is -2.29. The minimum atomic E-state index is -3.66. The standard InChI is InChI=1S/C19H25N3O3S/c23-19(11-15-10-13-6-7-14(15)9-13)21-16-3-1-4-17(12-16)26(24,25)22-18-5-2-8-20-18/h1,3-4,12-15H,2,5-11H2,(H,20,22)(H,21,23)/t13-,14-,15+/m1/s1. The van der Waals surface area contributed by atoms with Gasteiger partial charge in [0.1, 0.15) is 5.84 Å². The number of hydrogen-bond donors (Lipinski definition) is 2. The maximum atomic E-state index is 12.5. The van der Waals surface area contributed by atoms with Crippen LogP contribution in [0, 0.1) is 17.8 Å². The molecule has 2 aliphatic carbocycles. The second kappa shape index (κ2) is 7.02. The van der Waals surface area contributed by atoms with Gasteiger partial charge in [-0.25, -0.2) is 8.42 Å². The predicted molar refractivity (Wildman–Crippen MR) is 100 cm³/mol. The minimum Gasteiger partial charge on any atom is -0.326 e. The molecular formula is C19H25N3O3S. The van der Waals surface area contributed by atoms with Crippen LogP contribution in [-0.2, 0) is 14.8 Å². The molecule has 0 saturated heterocycles. The number of nitrogens with one attached hydrogen (secondary N) is 2. The predicted octanol–water partition coefficient (Wildman–Crippen LogP) is 2.92. The summed E-state index contributed by atoms with van der Waals surface area (Å²) < 4.78 is 27.5. The largest absolute Gasteiger partial charge is 0.326 e. The molecule has 1 amide bonds. The zero-order chi connectivity index (χ0) is 18.1. The van der Waals surface area contributed by atoms with Gasteiger partial charge in [-0.15, -0.1) is 0 Å². The first-order valence-electron chi connectivity index (χ1n) is 9.46. The van der Waals surface area contributed by atoms with Crippen LogP contribution in [0.4, 0.5) is 5.69 Å². The van der Waals surface area contributed by atoms with E-state index in [1.807, 2.05) is 0 Å². The summed E-state index contributed by atoms with van der Waals surface area (Å²) in [5.74, 6) is 2.49. The second-order valence-corrected chi connectivity index (χ2v) is 9.43. The molecule has 3 aliphatic rings. The first kappa shape index (κ1) is 17.5. The zero-order valence-electron chi connectivity index (χ0n) is 14.8. The third kappa shape index (κ3) is 3.77. The van der Waals surface area contributed by atoms with Crippen molar-refractivity contribution in [2.24, 2.45) is 22.7 Å². The first-order chi connectivity index (χ1) is 12.5. The summed E-state index contributed by atoms with van der Waals surface area (Å²) in [6.07, 6.45) is 7.08. The van der Waals surface area contributed by atoms with E-state index in [0.717, 1.165) is 12.3 Å². The molecule has 2 bridgehead atoms. The van der Waals surface area contributed by atoms with Crippen LogP contribution in [0.5, 0.6) is 0 Å². The number of amidine groups is 1. The van der Waals surface area contributed by atoms with E-state index >= 15 is 0 Å². The Morgan fingerprint density at radius 2 is 2.12 bits per heavy atom. The molecule has 1 heterocycles. The second-order valence-electron chi connectivity index (χ2n) is 7.75. The van der Waals surface area contributed by atoms with Crippen LogP contribution >= 0.6 is 0 Å². The van der Waals surface area contributed by atoms with E-state index in [9.17, 15) is 13.2 Å². The summed E-state index contributed by atoms with van der Waals surface area (Å²) in [6, 6.07) is 6.42. The molecule has 2 fully saturated rings. The Morgan fingerprint density at radius 1 is 1.23 bits per heavy atom. The molecule has 1 aromatic carbocycles. The summed E-state index contributed by atoms with van der Waals surface area (Å²) in [5.41, 5.74) is 0.523. The lowest BCUT2D eigenvalue weighted by atomic mass is 9.86. The molecule has 4 rings (SSSR count). The van der Waals surface area contributed by atoms with Gasteiger partial charge in [-0.3, -0.25) is 14.5 Å². The van der Waals surface area contributed by atoms with Gasteiger partial charge in [-0.2, -0.15) is 0 Å². The van der Waals surface area contributed by atoms with Gasteiger partial charge in [0.25, 0.3) is 10.0 Å². The fourth-order valence-corrected chi connectivity index (χ4v) is 5.79. The maximum absolute atomic E-state index is 12.5. The molecular weight excluding hydrogens is 350 g/mol. The molecule has 0 unspecified atom stereocenters. The van der Waals surface area contributed by atoms with E-state index in [0.29, 0.717) is 42.7 Å². The van der Waals surface area contributed by atoms with Crippen molar-refractivity contribution in [3.05, 3.63) is 24.3 Å². The minimum absolute atomic E-state index is 0.0229. The van der Waals surface area contributed by atoms with E-state index in [4.69, 9.17) is 0 Å². The number of aliphatic imine (C=N–C) groups is 1. The smallest absolute Gasteiger partial charge is 0.262 e. The summed E-state index contributed by atoms with van der Waals surface area (Å²) in [5, 5.41) is 2.87. The Hall–Kier alpha value is -1.89. The summed E-state index contributed by atoms with van der Waals surface area (Å²) in [7, 11) is -3.66. The van der Waals surface area contributed by atoms with Crippen molar-refractivity contribution in [2.45, 2.75) is 49.8 Å². The van der Waals surface area contributed by atoms with Crippen LogP contribution in [-0.4, -0.2) is 26.7 Å². The number of fused-ring (bicyclic) bond motifs is 2. The molecule has 3 atom stereocenters. The van der Waals surface area contributed by atoms with Crippen molar-refractivity contribution in [3.8, 4) is 0 Å². The van der Waals surface area contributed by atoms with Crippen LogP contribution in [0.3, 0.4) is 0 Å². The third-order valence-corrected chi connectivity index (χ3v) is 7.27. The van der Waals surface area contributed by atoms with E-state index < -0.39 is 10.0 Å². The first-order valence-corrected chi connectivity index (χ1v) is 10.9. The molecule has 7 heteroatoms. The van der Waals surface area contributed by atoms with Crippen molar-refractivity contribution in [3.63, 3.8) is 0 Å². The van der Waals surface area contributed by atoms with E-state index in [-0.39, 0.29) is 10.8 Å². The molecule has 26 heavy (non-hydrogen) atoms. The summed E-state index contributed by atoms with van der Waals surface area (Å²) in [4.78, 5) is 16.7. The Bertz CT molecular complexity index is 834. The number of rotatable bonds is 5. The highest BCUT2D eigenvalue weighted by Crippen LogP contribution is 2.49. The maximum Gasteiger partial charge on any atom is 0.262 e. The van der Waals surface area contributed by atoms with Gasteiger partial charge in [-0.05, 0) is 61.6 Å². The van der Waals surface area contributed by atoms with Gasteiger partial charge in [-0.1, -0.05) is 12.5 Å². The monoisotopic (exact) mass is 375 g/mol. The fraction of sp³-hybridized carbons (Fsp3) is 0.579. The summed E-state index contributed by atoms with van der Waals surface area (Å²) in [6.45, 7) is 0.664. The van der Waals surface area contributed by atoms with Gasteiger partial charge >= 0.3 is 0 Å². The molecule has 0 spiro atoms. The molecule has 0 aromatic heterocycles. The van der Waals surface area contributed by atoms with Crippen LogP contribution in [0.15, 0.2) is 34.2 Å². The van der Waals surface area contributed by atoms with E-state index in [1.165, 1.54) is 37.8 Å². The molecule has 0 radical (unpaired) electrons. The molecule has 6 nitrogen and oxygen atoms in total. The number of sulfonamides is 1. The lowest BCUT2D eigenvalue weighted by molar-refractivity contribution is -0.117. The number of carbonyl (C=O) groups excluding carboxylic acids is 1. The Morgan fingerprint density at radius 3 is 2.81 bits per heavy atom. The number of anilines is 1. The highest BCUT2D eigenvalue weighted by molar-refractivity contribution is 7.90. The quantitative estimate of drug-likeness (QED) is 0.829. The Labute approximate surface area is 154 Å². The average molecular weight is 375 g/mol. The van der Waals surface area contributed by atoms with Crippen LogP contribution in [0.1, 0.15) is 44.9 Å². The summed E-state index contributed by atoms with van der Waals surface area (Å²) >= 11 is 0. The molecule has 2 N–H and O–H groups in total. The Kier molecular flexibility index (Phi) is 4.73. The number of hydrogen-bond acceptors (Lipinski definition) is 4. The lowest BCUT2D eigenvalue weighted by Gasteiger charge is -2.21. The van der Waals surface area contributed by atoms with E-state index in [2.05, 4.69) is 15.0 Å². The topological polar surface area (TPSA) is 87.6 Å². The normalized spacial score (nSPS) is 27.4. The van der Waals surface area contributed by atoms with Gasteiger partial charge in [0.15, 0.2) is 0 Å².